The van der Waals surface area contributed by atoms with E-state index in [2.05, 4.69) is 180 Å². The number of aromatic nitrogens is 4. The summed E-state index contributed by atoms with van der Waals surface area (Å²) in [6, 6.07) is 60.2. The summed E-state index contributed by atoms with van der Waals surface area (Å²) >= 11 is 0. The smallest absolute Gasteiger partial charge is 0.367 e. The molecule has 4 heterocycles. The number of ether oxygens (including phenoxy) is 1. The molecule has 0 fully saturated rings. The summed E-state index contributed by atoms with van der Waals surface area (Å²) in [4.78, 5) is 5.84. The van der Waals surface area contributed by atoms with Crippen LogP contribution in [0.25, 0.3) is 44.3 Å². The number of benzene rings is 6. The summed E-state index contributed by atoms with van der Waals surface area (Å²) in [6.45, 7) is 6.84. The molecule has 3 aromatic heterocycles. The largest absolute Gasteiger partial charge is 0.464 e. The van der Waals surface area contributed by atoms with Gasteiger partial charge in [0, 0.05) is 31.8 Å². The molecule has 0 N–H and O–H groups in total. The average molecular weight is 882 g/mol. The first-order chi connectivity index (χ1) is 25.4. The zero-order valence-corrected chi connectivity index (χ0v) is 32.7. The SMILES string of the molecule is CC(C)(C)c1cc(-n2c3[c-]cccc3c3ccccc32)nc([Si]2(c3ccccc3)c3ccccc3Oc3cccc4c3[n+]2[c-]n4-c2[c-]cccc2)c1.[Pt]. The van der Waals surface area contributed by atoms with E-state index in [-0.39, 0.29) is 26.5 Å². The summed E-state index contributed by atoms with van der Waals surface area (Å²) in [5.41, 5.74) is 5.99. The van der Waals surface area contributed by atoms with Crippen LogP contribution in [0.15, 0.2) is 152 Å². The molecule has 0 radical (unpaired) electrons. The summed E-state index contributed by atoms with van der Waals surface area (Å²) < 4.78 is 13.8. The van der Waals surface area contributed by atoms with Gasteiger partial charge in [-0.2, -0.15) is 54.6 Å². The van der Waals surface area contributed by atoms with Crippen LogP contribution in [0.4, 0.5) is 0 Å². The van der Waals surface area contributed by atoms with E-state index in [4.69, 9.17) is 9.72 Å². The van der Waals surface area contributed by atoms with Crippen molar-refractivity contribution in [3.63, 3.8) is 0 Å². The fourth-order valence-electron chi connectivity index (χ4n) is 7.94. The monoisotopic (exact) mass is 881 g/mol. The predicted octanol–water partition coefficient (Wildman–Crippen LogP) is 7.73. The number of imidazole rings is 1. The van der Waals surface area contributed by atoms with E-state index >= 15 is 0 Å². The Kier molecular flexibility index (Phi) is 7.88. The molecule has 1 aliphatic rings. The van der Waals surface area contributed by atoms with Crippen LogP contribution in [-0.2, 0) is 26.5 Å². The Balaban J connectivity index is 0.00000372. The Morgan fingerprint density at radius 1 is 0.679 bits per heavy atom. The second-order valence-electron chi connectivity index (χ2n) is 14.5. The van der Waals surface area contributed by atoms with Crippen molar-refractivity contribution in [1.82, 2.24) is 14.1 Å². The molecular formula is C46H34N4OPtSi-2. The molecule has 0 spiro atoms. The third-order valence-electron chi connectivity index (χ3n) is 10.4. The minimum Gasteiger partial charge on any atom is -0.464 e. The zero-order valence-electron chi connectivity index (χ0n) is 29.4. The first-order valence-electron chi connectivity index (χ1n) is 17.7. The van der Waals surface area contributed by atoms with E-state index < -0.39 is 8.24 Å². The molecule has 260 valence electrons. The van der Waals surface area contributed by atoms with E-state index in [1.54, 1.807) is 0 Å². The Hall–Kier alpha value is -5.55. The van der Waals surface area contributed by atoms with Gasteiger partial charge in [-0.25, -0.2) is 4.98 Å². The van der Waals surface area contributed by atoms with Gasteiger partial charge in [-0.05, 0) is 51.9 Å². The van der Waals surface area contributed by atoms with E-state index in [1.165, 1.54) is 16.1 Å². The molecule has 6 aromatic carbocycles. The van der Waals surface area contributed by atoms with Crippen LogP contribution < -0.4 is 24.7 Å². The van der Waals surface area contributed by atoms with E-state index in [1.807, 2.05) is 24.3 Å². The van der Waals surface area contributed by atoms with Crippen molar-refractivity contribution in [2.45, 2.75) is 26.2 Å². The minimum absolute atomic E-state index is 0. The van der Waals surface area contributed by atoms with Crippen molar-refractivity contribution in [2.24, 2.45) is 0 Å². The third kappa shape index (κ3) is 5.00. The number of pyridine rings is 1. The fourth-order valence-corrected chi connectivity index (χ4v) is 12.5. The van der Waals surface area contributed by atoms with Gasteiger partial charge >= 0.3 is 8.24 Å². The molecule has 7 heteroatoms. The van der Waals surface area contributed by atoms with E-state index in [0.717, 1.165) is 61.0 Å². The summed E-state index contributed by atoms with van der Waals surface area (Å²) in [6.07, 6.45) is 3.92. The van der Waals surface area contributed by atoms with Gasteiger partial charge in [0.25, 0.3) is 0 Å². The molecule has 0 aliphatic carbocycles. The minimum atomic E-state index is -3.39. The fraction of sp³-hybridized carbons (Fsp3) is 0.0870. The van der Waals surface area contributed by atoms with Gasteiger partial charge in [-0.3, -0.25) is 0 Å². The number of rotatable bonds is 4. The van der Waals surface area contributed by atoms with Gasteiger partial charge in [-0.15, -0.1) is 5.39 Å². The second kappa shape index (κ2) is 12.5. The molecule has 5 nitrogen and oxygen atoms in total. The number of para-hydroxylation sites is 5. The summed E-state index contributed by atoms with van der Waals surface area (Å²) in [5, 5.41) is 5.61. The molecule has 0 bridgehead atoms. The zero-order chi connectivity index (χ0) is 35.0. The topological polar surface area (TPSA) is 35.9 Å². The van der Waals surface area contributed by atoms with Crippen LogP contribution >= 0.6 is 0 Å². The first kappa shape index (κ1) is 33.3. The molecule has 0 saturated carbocycles. The van der Waals surface area contributed by atoms with E-state index in [0.29, 0.717) is 0 Å². The van der Waals surface area contributed by atoms with Crippen molar-refractivity contribution >= 4 is 56.8 Å². The van der Waals surface area contributed by atoms with Crippen LogP contribution in [-0.4, -0.2) is 22.4 Å². The van der Waals surface area contributed by atoms with Crippen LogP contribution in [0.2, 0.25) is 0 Å². The van der Waals surface area contributed by atoms with Gasteiger partial charge in [0.2, 0.25) is 6.33 Å². The van der Waals surface area contributed by atoms with Crippen LogP contribution in [0, 0.1) is 18.5 Å². The normalized spacial score (nSPS) is 15.2. The molecule has 53 heavy (non-hydrogen) atoms. The number of hydrogen-bond acceptors (Lipinski definition) is 2. The standard InChI is InChI=1S/C46H34N4OSi.Pt/c1-46(2,3)32-29-43(50-37-23-12-10-21-35(37)36-22-11-13-24-38(36)50)47-44(30-32)52(34-19-8-5-9-20-34)42-28-15-14-26-40(42)51-41-27-16-25-39-45(41)49(52)31-48(39)33-17-6-4-7-18-33;/h4-17,19-23,25-30H,1-3H3;/q-2;. The molecule has 0 saturated heterocycles. The summed E-state index contributed by atoms with van der Waals surface area (Å²) in [5.74, 6) is 2.48. The van der Waals surface area contributed by atoms with Crippen LogP contribution in [0.3, 0.4) is 0 Å². The molecule has 10 rings (SSSR count). The number of hydrogen-bond donors (Lipinski definition) is 0. The Labute approximate surface area is 324 Å². The predicted molar refractivity (Wildman–Crippen MR) is 210 cm³/mol. The van der Waals surface area contributed by atoms with Gasteiger partial charge in [0.15, 0.2) is 0 Å². The molecule has 1 atom stereocenters. The number of fused-ring (bicyclic) bond motifs is 4. The maximum atomic E-state index is 6.97. The van der Waals surface area contributed by atoms with Gasteiger partial charge < -0.3 is 18.1 Å². The second-order valence-corrected chi connectivity index (χ2v) is 17.9. The maximum Gasteiger partial charge on any atom is 0.367 e. The molecular weight excluding hydrogens is 848 g/mol. The van der Waals surface area contributed by atoms with Crippen molar-refractivity contribution in [3.8, 4) is 23.0 Å². The average Bonchev–Trinajstić information content (AvgIpc) is 3.70. The van der Waals surface area contributed by atoms with Crippen molar-refractivity contribution in [3.05, 3.63) is 176 Å². The van der Waals surface area contributed by atoms with Crippen molar-refractivity contribution < 1.29 is 30.0 Å². The van der Waals surface area contributed by atoms with Crippen molar-refractivity contribution in [2.75, 3.05) is 0 Å². The van der Waals surface area contributed by atoms with Crippen LogP contribution in [0.1, 0.15) is 26.3 Å². The molecule has 1 aliphatic heterocycles. The first-order valence-corrected chi connectivity index (χ1v) is 19.6. The van der Waals surface area contributed by atoms with Gasteiger partial charge in [0.05, 0.1) is 16.4 Å². The quantitative estimate of drug-likeness (QED) is 0.134. The Morgan fingerprint density at radius 3 is 2.23 bits per heavy atom. The maximum absolute atomic E-state index is 6.97. The molecule has 0 amide bonds. The summed E-state index contributed by atoms with van der Waals surface area (Å²) in [7, 11) is -3.39. The number of nitrogens with zero attached hydrogens (tertiary/aromatic N) is 4. The molecule has 9 aromatic rings. The van der Waals surface area contributed by atoms with E-state index in [9.17, 15) is 0 Å². The Bertz CT molecular complexity index is 2770. The van der Waals surface area contributed by atoms with Gasteiger partial charge in [-0.1, -0.05) is 111 Å². The molecule has 1 unspecified atom stereocenters. The van der Waals surface area contributed by atoms with Gasteiger partial charge in [0.1, 0.15) is 17.3 Å². The van der Waals surface area contributed by atoms with Crippen molar-refractivity contribution in [1.29, 1.82) is 0 Å². The van der Waals surface area contributed by atoms with Crippen LogP contribution in [0.5, 0.6) is 11.5 Å². The third-order valence-corrected chi connectivity index (χ3v) is 14.7. The Morgan fingerprint density at radius 2 is 1.40 bits per heavy atom.